The van der Waals surface area contributed by atoms with Crippen LogP contribution in [0.4, 0.5) is 0 Å². The highest BCUT2D eigenvalue weighted by atomic mass is 35.5. The Morgan fingerprint density at radius 1 is 1.26 bits per heavy atom. The van der Waals surface area contributed by atoms with Crippen molar-refractivity contribution in [2.75, 3.05) is 13.1 Å². The maximum atomic E-state index is 12.8. The molecule has 1 aliphatic carbocycles. The molecule has 3 nitrogen and oxygen atoms in total. The fraction of sp³-hybridized carbons (Fsp3) is 0.933. The SMILES string of the molecule is CC(C)CC1(C(=O)N2CCC(N)CC2)CCCC1.Cl. The summed E-state index contributed by atoms with van der Waals surface area (Å²) >= 11 is 0. The Bertz CT molecular complexity index is 293. The molecule has 0 atom stereocenters. The third kappa shape index (κ3) is 3.85. The fourth-order valence-corrected chi connectivity index (χ4v) is 3.78. The number of halogens is 1. The minimum atomic E-state index is -0.0321. The number of carbonyl (C=O) groups is 1. The van der Waals surface area contributed by atoms with E-state index in [2.05, 4.69) is 18.7 Å². The van der Waals surface area contributed by atoms with Gasteiger partial charge in [-0.2, -0.15) is 0 Å². The maximum absolute atomic E-state index is 12.8. The number of nitrogens with zero attached hydrogens (tertiary/aromatic N) is 1. The second-order valence-electron chi connectivity index (χ2n) is 6.72. The number of hydrogen-bond donors (Lipinski definition) is 1. The molecule has 0 unspecified atom stereocenters. The zero-order valence-corrected chi connectivity index (χ0v) is 13.2. The molecule has 2 N–H and O–H groups in total. The van der Waals surface area contributed by atoms with Crippen molar-refractivity contribution in [2.45, 2.75) is 64.8 Å². The summed E-state index contributed by atoms with van der Waals surface area (Å²) < 4.78 is 0. The lowest BCUT2D eigenvalue weighted by Gasteiger charge is -2.38. The van der Waals surface area contributed by atoms with Gasteiger partial charge in [-0.3, -0.25) is 4.79 Å². The Labute approximate surface area is 123 Å². The summed E-state index contributed by atoms with van der Waals surface area (Å²) in [7, 11) is 0. The molecule has 0 spiro atoms. The van der Waals surface area contributed by atoms with E-state index in [0.29, 0.717) is 17.9 Å². The quantitative estimate of drug-likeness (QED) is 0.868. The maximum Gasteiger partial charge on any atom is 0.228 e. The van der Waals surface area contributed by atoms with Crippen LogP contribution in [0.15, 0.2) is 0 Å². The van der Waals surface area contributed by atoms with E-state index in [1.807, 2.05) is 0 Å². The number of piperidine rings is 1. The summed E-state index contributed by atoms with van der Waals surface area (Å²) in [4.78, 5) is 14.9. The predicted molar refractivity (Wildman–Crippen MR) is 81.4 cm³/mol. The molecule has 4 heteroatoms. The van der Waals surface area contributed by atoms with Crippen LogP contribution < -0.4 is 5.73 Å². The van der Waals surface area contributed by atoms with Gasteiger partial charge in [-0.1, -0.05) is 26.7 Å². The van der Waals surface area contributed by atoms with Gasteiger partial charge in [0.15, 0.2) is 0 Å². The largest absolute Gasteiger partial charge is 0.342 e. The van der Waals surface area contributed by atoms with Gasteiger partial charge in [-0.25, -0.2) is 0 Å². The Hall–Kier alpha value is -0.280. The Morgan fingerprint density at radius 3 is 2.26 bits per heavy atom. The number of amides is 1. The number of carbonyl (C=O) groups excluding carboxylic acids is 1. The van der Waals surface area contributed by atoms with Crippen LogP contribution in [0.5, 0.6) is 0 Å². The first-order valence-electron chi connectivity index (χ1n) is 7.58. The fourth-order valence-electron chi connectivity index (χ4n) is 3.78. The van der Waals surface area contributed by atoms with E-state index < -0.39 is 0 Å². The minimum Gasteiger partial charge on any atom is -0.342 e. The normalized spacial score (nSPS) is 23.5. The van der Waals surface area contributed by atoms with Crippen LogP contribution in [0.2, 0.25) is 0 Å². The highest BCUT2D eigenvalue weighted by Crippen LogP contribution is 2.44. The number of rotatable bonds is 3. The molecule has 1 heterocycles. The van der Waals surface area contributed by atoms with Crippen molar-refractivity contribution in [3.05, 3.63) is 0 Å². The molecule has 1 saturated heterocycles. The van der Waals surface area contributed by atoms with Crippen molar-refractivity contribution in [3.8, 4) is 0 Å². The van der Waals surface area contributed by atoms with Crippen LogP contribution in [0, 0.1) is 11.3 Å². The number of hydrogen-bond acceptors (Lipinski definition) is 2. The summed E-state index contributed by atoms with van der Waals surface area (Å²) in [6.45, 7) is 6.22. The molecule has 2 aliphatic rings. The highest BCUT2D eigenvalue weighted by Gasteiger charge is 2.43. The second kappa shape index (κ2) is 6.94. The van der Waals surface area contributed by atoms with Gasteiger partial charge in [-0.05, 0) is 38.0 Å². The van der Waals surface area contributed by atoms with Crippen LogP contribution >= 0.6 is 12.4 Å². The second-order valence-corrected chi connectivity index (χ2v) is 6.72. The number of likely N-dealkylation sites (tertiary alicyclic amines) is 1. The number of nitrogens with two attached hydrogens (primary N) is 1. The molecule has 0 aromatic rings. The molecule has 1 aliphatic heterocycles. The standard InChI is InChI=1S/C15H28N2O.ClH/c1-12(2)11-15(7-3-4-8-15)14(18)17-9-5-13(16)6-10-17;/h12-13H,3-11,16H2,1-2H3;1H. The van der Waals surface area contributed by atoms with Gasteiger partial charge in [0.05, 0.1) is 0 Å². The van der Waals surface area contributed by atoms with Gasteiger partial charge < -0.3 is 10.6 Å². The molecule has 0 aromatic heterocycles. The van der Waals surface area contributed by atoms with Crippen molar-refractivity contribution in [2.24, 2.45) is 17.1 Å². The van der Waals surface area contributed by atoms with Crippen molar-refractivity contribution in [3.63, 3.8) is 0 Å². The molecule has 0 bridgehead atoms. The van der Waals surface area contributed by atoms with Gasteiger partial charge >= 0.3 is 0 Å². The van der Waals surface area contributed by atoms with Gasteiger partial charge in [0.2, 0.25) is 5.91 Å². The van der Waals surface area contributed by atoms with Gasteiger partial charge in [0, 0.05) is 24.5 Å². The molecular formula is C15H29ClN2O. The average molecular weight is 289 g/mol. The Morgan fingerprint density at radius 2 is 1.79 bits per heavy atom. The first-order chi connectivity index (χ1) is 8.53. The summed E-state index contributed by atoms with van der Waals surface area (Å²) in [5.74, 6) is 1.04. The smallest absolute Gasteiger partial charge is 0.228 e. The van der Waals surface area contributed by atoms with Crippen molar-refractivity contribution >= 4 is 18.3 Å². The topological polar surface area (TPSA) is 46.3 Å². The van der Waals surface area contributed by atoms with E-state index in [-0.39, 0.29) is 17.8 Å². The molecule has 2 fully saturated rings. The predicted octanol–water partition coefficient (Wildman–Crippen LogP) is 2.96. The van der Waals surface area contributed by atoms with E-state index in [0.717, 1.165) is 45.2 Å². The summed E-state index contributed by atoms with van der Waals surface area (Å²) in [6, 6.07) is 0.304. The lowest BCUT2D eigenvalue weighted by Crippen LogP contribution is -2.49. The molecule has 112 valence electrons. The van der Waals surface area contributed by atoms with Crippen molar-refractivity contribution in [1.29, 1.82) is 0 Å². The average Bonchev–Trinajstić information content (AvgIpc) is 2.78. The third-order valence-corrected chi connectivity index (χ3v) is 4.64. The van der Waals surface area contributed by atoms with Crippen molar-refractivity contribution in [1.82, 2.24) is 4.90 Å². The Balaban J connectivity index is 0.00000180. The first kappa shape index (κ1) is 16.8. The Kier molecular flexibility index (Phi) is 6.13. The molecule has 0 radical (unpaired) electrons. The van der Waals surface area contributed by atoms with E-state index >= 15 is 0 Å². The molecular weight excluding hydrogens is 260 g/mol. The first-order valence-corrected chi connectivity index (χ1v) is 7.58. The highest BCUT2D eigenvalue weighted by molar-refractivity contribution is 5.85. The lowest BCUT2D eigenvalue weighted by molar-refractivity contribution is -0.144. The van der Waals surface area contributed by atoms with Crippen LogP contribution in [-0.2, 0) is 4.79 Å². The zero-order chi connectivity index (χ0) is 13.2. The summed E-state index contributed by atoms with van der Waals surface area (Å²) in [5, 5.41) is 0. The molecule has 2 rings (SSSR count). The van der Waals surface area contributed by atoms with Gasteiger partial charge in [0.1, 0.15) is 0 Å². The third-order valence-electron chi connectivity index (χ3n) is 4.64. The minimum absolute atomic E-state index is 0. The van der Waals surface area contributed by atoms with E-state index in [1.165, 1.54) is 12.8 Å². The molecule has 1 saturated carbocycles. The molecule has 19 heavy (non-hydrogen) atoms. The summed E-state index contributed by atoms with van der Waals surface area (Å²) in [5.41, 5.74) is 5.89. The van der Waals surface area contributed by atoms with E-state index in [4.69, 9.17) is 5.73 Å². The van der Waals surface area contributed by atoms with E-state index in [9.17, 15) is 4.79 Å². The zero-order valence-electron chi connectivity index (χ0n) is 12.4. The van der Waals surface area contributed by atoms with Crippen LogP contribution in [0.1, 0.15) is 58.8 Å². The summed E-state index contributed by atoms with van der Waals surface area (Å²) in [6.07, 6.45) is 7.68. The van der Waals surface area contributed by atoms with E-state index in [1.54, 1.807) is 0 Å². The van der Waals surface area contributed by atoms with Gasteiger partial charge in [-0.15, -0.1) is 12.4 Å². The van der Waals surface area contributed by atoms with Crippen molar-refractivity contribution < 1.29 is 4.79 Å². The van der Waals surface area contributed by atoms with Crippen LogP contribution in [0.25, 0.3) is 0 Å². The molecule has 1 amide bonds. The van der Waals surface area contributed by atoms with Crippen LogP contribution in [-0.4, -0.2) is 29.9 Å². The monoisotopic (exact) mass is 288 g/mol. The van der Waals surface area contributed by atoms with Gasteiger partial charge in [0.25, 0.3) is 0 Å². The molecule has 0 aromatic carbocycles. The van der Waals surface area contributed by atoms with Crippen LogP contribution in [0.3, 0.4) is 0 Å². The lowest BCUT2D eigenvalue weighted by atomic mass is 9.77.